The largest absolute Gasteiger partial charge is 0.331 e. The van der Waals surface area contributed by atoms with Gasteiger partial charge in [0, 0.05) is 7.05 Å². The number of benzene rings is 1. The van der Waals surface area contributed by atoms with E-state index in [1.807, 2.05) is 6.92 Å². The maximum atomic E-state index is 4.52. The molecule has 0 saturated heterocycles. The molecule has 0 bridgehead atoms. The minimum absolute atomic E-state index is 0.571. The highest BCUT2D eigenvalue weighted by Gasteiger charge is 2.06. The Kier molecular flexibility index (Phi) is 2.06. The fraction of sp³-hybridized carbons (Fsp3) is 0.417. The molecule has 2 aromatic rings. The fourth-order valence-electron chi connectivity index (χ4n) is 1.70. The molecule has 74 valence electrons. The number of imidazole rings is 1. The molecule has 0 aliphatic rings. The van der Waals surface area contributed by atoms with E-state index in [9.17, 15) is 0 Å². The van der Waals surface area contributed by atoms with Gasteiger partial charge < -0.3 is 4.57 Å². The zero-order valence-electron chi connectivity index (χ0n) is 9.20. The Hall–Kier alpha value is -1.31. The summed E-state index contributed by atoms with van der Waals surface area (Å²) >= 11 is 0. The van der Waals surface area contributed by atoms with E-state index in [0.717, 1.165) is 11.3 Å². The highest BCUT2D eigenvalue weighted by molar-refractivity contribution is 5.76. The minimum Gasteiger partial charge on any atom is -0.331 e. The van der Waals surface area contributed by atoms with E-state index in [-0.39, 0.29) is 0 Å². The predicted octanol–water partition coefficient (Wildman–Crippen LogP) is 3.01. The van der Waals surface area contributed by atoms with Crippen molar-refractivity contribution in [1.29, 1.82) is 0 Å². The van der Waals surface area contributed by atoms with E-state index in [2.05, 4.69) is 48.6 Å². The Morgan fingerprint density at radius 3 is 2.64 bits per heavy atom. The Morgan fingerprint density at radius 2 is 2.00 bits per heavy atom. The van der Waals surface area contributed by atoms with Crippen LogP contribution in [0.25, 0.3) is 11.0 Å². The molecule has 2 heteroatoms. The van der Waals surface area contributed by atoms with E-state index >= 15 is 0 Å². The zero-order chi connectivity index (χ0) is 10.3. The quantitative estimate of drug-likeness (QED) is 0.672. The first-order chi connectivity index (χ1) is 6.59. The third kappa shape index (κ3) is 1.31. The molecular weight excluding hydrogens is 172 g/mol. The van der Waals surface area contributed by atoms with Crippen LogP contribution in [0.5, 0.6) is 0 Å². The van der Waals surface area contributed by atoms with E-state index in [1.165, 1.54) is 11.1 Å². The molecule has 1 aromatic heterocycles. The summed E-state index contributed by atoms with van der Waals surface area (Å²) in [5.41, 5.74) is 3.68. The van der Waals surface area contributed by atoms with Crippen LogP contribution in [0.2, 0.25) is 0 Å². The molecule has 0 aliphatic carbocycles. The van der Waals surface area contributed by atoms with Crippen LogP contribution < -0.4 is 0 Å². The minimum atomic E-state index is 0.571. The lowest BCUT2D eigenvalue weighted by atomic mass is 10.0. The van der Waals surface area contributed by atoms with Crippen molar-refractivity contribution in [3.63, 3.8) is 0 Å². The van der Waals surface area contributed by atoms with Gasteiger partial charge in [0.05, 0.1) is 11.0 Å². The number of fused-ring (bicyclic) bond motifs is 1. The number of rotatable bonds is 1. The summed E-state index contributed by atoms with van der Waals surface area (Å²) in [5, 5.41) is 0. The average molecular weight is 188 g/mol. The molecule has 0 N–H and O–H groups in total. The lowest BCUT2D eigenvalue weighted by Gasteiger charge is -2.04. The summed E-state index contributed by atoms with van der Waals surface area (Å²) < 4.78 is 2.12. The smallest absolute Gasteiger partial charge is 0.106 e. The second-order valence-electron chi connectivity index (χ2n) is 4.12. The molecule has 0 saturated carbocycles. The summed E-state index contributed by atoms with van der Waals surface area (Å²) in [5.74, 6) is 1.64. The Labute approximate surface area is 84.6 Å². The van der Waals surface area contributed by atoms with Gasteiger partial charge in [0.1, 0.15) is 5.82 Å². The van der Waals surface area contributed by atoms with Gasteiger partial charge in [-0.2, -0.15) is 0 Å². The monoisotopic (exact) mass is 188 g/mol. The van der Waals surface area contributed by atoms with Crippen molar-refractivity contribution in [2.24, 2.45) is 7.05 Å². The molecule has 0 unspecified atom stereocenters. The SMILES string of the molecule is Cc1nc2cc(C(C)C)ccc2n1C. The molecule has 0 radical (unpaired) electrons. The van der Waals surface area contributed by atoms with E-state index < -0.39 is 0 Å². The number of nitrogens with zero attached hydrogens (tertiary/aromatic N) is 2. The van der Waals surface area contributed by atoms with Gasteiger partial charge in [-0.3, -0.25) is 0 Å². The molecule has 2 rings (SSSR count). The van der Waals surface area contributed by atoms with E-state index in [4.69, 9.17) is 0 Å². The van der Waals surface area contributed by atoms with Gasteiger partial charge >= 0.3 is 0 Å². The van der Waals surface area contributed by atoms with Crippen LogP contribution in [-0.2, 0) is 7.05 Å². The van der Waals surface area contributed by atoms with Crippen molar-refractivity contribution in [2.45, 2.75) is 26.7 Å². The van der Waals surface area contributed by atoms with Crippen LogP contribution in [0.1, 0.15) is 31.2 Å². The lowest BCUT2D eigenvalue weighted by Crippen LogP contribution is -1.90. The number of hydrogen-bond donors (Lipinski definition) is 0. The molecule has 0 atom stereocenters. The summed E-state index contributed by atoms with van der Waals surface area (Å²) in [6.07, 6.45) is 0. The van der Waals surface area contributed by atoms with E-state index in [0.29, 0.717) is 5.92 Å². The molecule has 14 heavy (non-hydrogen) atoms. The van der Waals surface area contributed by atoms with Gasteiger partial charge in [0.2, 0.25) is 0 Å². The first-order valence-electron chi connectivity index (χ1n) is 5.02. The van der Waals surface area contributed by atoms with Gasteiger partial charge in [-0.15, -0.1) is 0 Å². The lowest BCUT2D eigenvalue weighted by molar-refractivity contribution is 0.867. The normalized spacial score (nSPS) is 11.5. The van der Waals surface area contributed by atoms with Crippen molar-refractivity contribution in [2.75, 3.05) is 0 Å². The van der Waals surface area contributed by atoms with E-state index in [1.54, 1.807) is 0 Å². The van der Waals surface area contributed by atoms with Crippen LogP contribution in [0, 0.1) is 6.92 Å². The highest BCUT2D eigenvalue weighted by Crippen LogP contribution is 2.21. The van der Waals surface area contributed by atoms with Crippen LogP contribution in [0.3, 0.4) is 0 Å². The third-order valence-electron chi connectivity index (χ3n) is 2.80. The van der Waals surface area contributed by atoms with Gasteiger partial charge in [0.25, 0.3) is 0 Å². The van der Waals surface area contributed by atoms with Crippen molar-refractivity contribution < 1.29 is 0 Å². The summed E-state index contributed by atoms with van der Waals surface area (Å²) in [6, 6.07) is 6.53. The molecule has 1 heterocycles. The second-order valence-corrected chi connectivity index (χ2v) is 4.12. The van der Waals surface area contributed by atoms with Gasteiger partial charge in [-0.25, -0.2) is 4.98 Å². The summed E-state index contributed by atoms with van der Waals surface area (Å²) in [4.78, 5) is 4.52. The van der Waals surface area contributed by atoms with Crippen molar-refractivity contribution in [3.8, 4) is 0 Å². The standard InChI is InChI=1S/C12H16N2/c1-8(2)10-5-6-12-11(7-10)13-9(3)14(12)4/h5-8H,1-4H3. The zero-order valence-corrected chi connectivity index (χ0v) is 9.20. The third-order valence-corrected chi connectivity index (χ3v) is 2.80. The highest BCUT2D eigenvalue weighted by atomic mass is 15.0. The van der Waals surface area contributed by atoms with Crippen molar-refractivity contribution in [3.05, 3.63) is 29.6 Å². The topological polar surface area (TPSA) is 17.8 Å². The maximum absolute atomic E-state index is 4.52. The van der Waals surface area contributed by atoms with Gasteiger partial charge in [-0.1, -0.05) is 19.9 Å². The Balaban J connectivity index is 2.67. The molecule has 1 aromatic carbocycles. The first-order valence-corrected chi connectivity index (χ1v) is 5.02. The first kappa shape index (κ1) is 9.25. The van der Waals surface area contributed by atoms with Crippen LogP contribution >= 0.6 is 0 Å². The maximum Gasteiger partial charge on any atom is 0.106 e. The molecule has 0 aliphatic heterocycles. The number of aryl methyl sites for hydroxylation is 2. The fourth-order valence-corrected chi connectivity index (χ4v) is 1.70. The molecule has 0 amide bonds. The Morgan fingerprint density at radius 1 is 1.29 bits per heavy atom. The van der Waals surface area contributed by atoms with Crippen LogP contribution in [0.15, 0.2) is 18.2 Å². The van der Waals surface area contributed by atoms with Crippen molar-refractivity contribution >= 4 is 11.0 Å². The van der Waals surface area contributed by atoms with Gasteiger partial charge in [0.15, 0.2) is 0 Å². The predicted molar refractivity (Wildman–Crippen MR) is 59.5 cm³/mol. The summed E-state index contributed by atoms with van der Waals surface area (Å²) in [7, 11) is 2.06. The second kappa shape index (κ2) is 3.12. The molecule has 0 fully saturated rings. The number of aromatic nitrogens is 2. The van der Waals surface area contributed by atoms with Crippen LogP contribution in [0.4, 0.5) is 0 Å². The molecule has 2 nitrogen and oxygen atoms in total. The Bertz CT molecular complexity index is 466. The van der Waals surface area contributed by atoms with Crippen molar-refractivity contribution in [1.82, 2.24) is 9.55 Å². The average Bonchev–Trinajstić information content (AvgIpc) is 2.42. The van der Waals surface area contributed by atoms with Gasteiger partial charge in [-0.05, 0) is 30.5 Å². The van der Waals surface area contributed by atoms with Crippen LogP contribution in [-0.4, -0.2) is 9.55 Å². The number of hydrogen-bond acceptors (Lipinski definition) is 1. The molecule has 0 spiro atoms. The molecular formula is C12H16N2. The summed E-state index contributed by atoms with van der Waals surface area (Å²) in [6.45, 7) is 6.45.